The highest BCUT2D eigenvalue weighted by Gasteiger charge is 2.23. The van der Waals surface area contributed by atoms with Gasteiger partial charge in [0, 0.05) is 31.7 Å². The number of sulfone groups is 1. The monoisotopic (exact) mass is 426 g/mol. The van der Waals surface area contributed by atoms with E-state index in [1.165, 1.54) is 30.5 Å². The summed E-state index contributed by atoms with van der Waals surface area (Å²) in [5, 5.41) is 2.79. The van der Waals surface area contributed by atoms with Crippen molar-refractivity contribution in [3.63, 3.8) is 0 Å². The summed E-state index contributed by atoms with van der Waals surface area (Å²) in [6.07, 6.45) is 4.67. The Kier molecular flexibility index (Phi) is 5.21. The SMILES string of the molecule is Cc1cc(F)cc(S(=O)(=O)c2ccc(CNC(=O)N3Cc4ccncc4C3)nc2)c1. The Morgan fingerprint density at radius 3 is 2.60 bits per heavy atom. The molecule has 0 radical (unpaired) electrons. The van der Waals surface area contributed by atoms with Gasteiger partial charge in [-0.05, 0) is 60.0 Å². The molecule has 3 aromatic rings. The van der Waals surface area contributed by atoms with Crippen molar-refractivity contribution in [3.8, 4) is 0 Å². The zero-order valence-electron chi connectivity index (χ0n) is 16.2. The third-order valence-corrected chi connectivity index (χ3v) is 6.59. The Bertz CT molecular complexity index is 1170. The Balaban J connectivity index is 1.41. The smallest absolute Gasteiger partial charge is 0.318 e. The van der Waals surface area contributed by atoms with Crippen LogP contribution in [-0.4, -0.2) is 29.3 Å². The zero-order chi connectivity index (χ0) is 21.3. The van der Waals surface area contributed by atoms with Gasteiger partial charge in [-0.15, -0.1) is 0 Å². The lowest BCUT2D eigenvalue weighted by molar-refractivity contribution is 0.198. The number of pyridine rings is 2. The highest BCUT2D eigenvalue weighted by Crippen LogP contribution is 2.23. The van der Waals surface area contributed by atoms with Gasteiger partial charge in [-0.1, -0.05) is 0 Å². The molecule has 4 rings (SSSR count). The molecular weight excluding hydrogens is 407 g/mol. The molecule has 0 spiro atoms. The molecule has 0 fully saturated rings. The van der Waals surface area contributed by atoms with E-state index < -0.39 is 15.7 Å². The fourth-order valence-electron chi connectivity index (χ4n) is 3.31. The van der Waals surface area contributed by atoms with Gasteiger partial charge in [-0.25, -0.2) is 17.6 Å². The first-order valence-corrected chi connectivity index (χ1v) is 10.7. The minimum atomic E-state index is -3.88. The molecule has 2 aromatic heterocycles. The summed E-state index contributed by atoms with van der Waals surface area (Å²) in [6.45, 7) is 2.79. The Labute approximate surface area is 173 Å². The van der Waals surface area contributed by atoms with Crippen LogP contribution in [0.5, 0.6) is 0 Å². The van der Waals surface area contributed by atoms with E-state index in [1.807, 2.05) is 6.07 Å². The van der Waals surface area contributed by atoms with E-state index in [2.05, 4.69) is 15.3 Å². The average Bonchev–Trinajstić information content (AvgIpc) is 3.16. The van der Waals surface area contributed by atoms with Crippen LogP contribution in [0.4, 0.5) is 9.18 Å². The van der Waals surface area contributed by atoms with Crippen molar-refractivity contribution < 1.29 is 17.6 Å². The van der Waals surface area contributed by atoms with Gasteiger partial charge in [-0.2, -0.15) is 0 Å². The standard InChI is InChI=1S/C21H19FN4O3S/c1-14-6-17(22)8-20(7-14)30(28,29)19-3-2-18(24-11-19)10-25-21(27)26-12-15-4-5-23-9-16(15)13-26/h2-9,11H,10,12-13H2,1H3,(H,25,27). The first-order chi connectivity index (χ1) is 14.3. The lowest BCUT2D eigenvalue weighted by Gasteiger charge is -2.16. The van der Waals surface area contributed by atoms with Crippen LogP contribution in [0.3, 0.4) is 0 Å². The number of halogens is 1. The fraction of sp³-hybridized carbons (Fsp3) is 0.190. The number of fused-ring (bicyclic) bond motifs is 1. The number of urea groups is 1. The summed E-state index contributed by atoms with van der Waals surface area (Å²) in [5.41, 5.74) is 3.12. The van der Waals surface area contributed by atoms with Crippen molar-refractivity contribution >= 4 is 15.9 Å². The maximum Gasteiger partial charge on any atom is 0.318 e. The molecule has 9 heteroatoms. The summed E-state index contributed by atoms with van der Waals surface area (Å²) in [5.74, 6) is -0.610. The molecule has 1 aromatic carbocycles. The van der Waals surface area contributed by atoms with Crippen molar-refractivity contribution in [1.82, 2.24) is 20.2 Å². The van der Waals surface area contributed by atoms with E-state index in [4.69, 9.17) is 0 Å². The number of nitrogens with zero attached hydrogens (tertiary/aromatic N) is 3. The number of amides is 2. The van der Waals surface area contributed by atoms with Gasteiger partial charge in [0.2, 0.25) is 9.84 Å². The first-order valence-electron chi connectivity index (χ1n) is 9.25. The quantitative estimate of drug-likeness (QED) is 0.692. The van der Waals surface area contributed by atoms with Crippen molar-refractivity contribution in [2.75, 3.05) is 0 Å². The van der Waals surface area contributed by atoms with Crippen LogP contribution in [0, 0.1) is 12.7 Å². The van der Waals surface area contributed by atoms with Gasteiger partial charge in [0.25, 0.3) is 0 Å². The fourth-order valence-corrected chi connectivity index (χ4v) is 4.63. The minimum absolute atomic E-state index is 0.0370. The van der Waals surface area contributed by atoms with E-state index in [0.29, 0.717) is 24.3 Å². The van der Waals surface area contributed by atoms with Crippen molar-refractivity contribution in [2.45, 2.75) is 36.3 Å². The largest absolute Gasteiger partial charge is 0.332 e. The molecule has 1 N–H and O–H groups in total. The number of aromatic nitrogens is 2. The number of hydrogen-bond acceptors (Lipinski definition) is 5. The second-order valence-corrected chi connectivity index (χ2v) is 9.06. The third kappa shape index (κ3) is 4.02. The van der Waals surface area contributed by atoms with Gasteiger partial charge in [0.05, 0.1) is 22.0 Å². The third-order valence-electron chi connectivity index (χ3n) is 4.87. The van der Waals surface area contributed by atoms with Gasteiger partial charge in [0.1, 0.15) is 5.82 Å². The van der Waals surface area contributed by atoms with Crippen LogP contribution in [-0.2, 0) is 29.5 Å². The predicted octanol–water partition coefficient (Wildman–Crippen LogP) is 2.98. The van der Waals surface area contributed by atoms with Crippen LogP contribution in [0.15, 0.2) is 64.8 Å². The van der Waals surface area contributed by atoms with Crippen molar-refractivity contribution in [2.24, 2.45) is 0 Å². The predicted molar refractivity (Wildman–Crippen MR) is 107 cm³/mol. The van der Waals surface area contributed by atoms with Gasteiger partial charge >= 0.3 is 6.03 Å². The molecule has 3 heterocycles. The molecule has 0 unspecified atom stereocenters. The molecule has 154 valence electrons. The van der Waals surface area contributed by atoms with Crippen molar-refractivity contribution in [3.05, 3.63) is 83.2 Å². The van der Waals surface area contributed by atoms with E-state index in [0.717, 1.165) is 17.2 Å². The highest BCUT2D eigenvalue weighted by atomic mass is 32.2. The normalized spacial score (nSPS) is 13.2. The molecule has 7 nitrogen and oxygen atoms in total. The molecule has 1 aliphatic rings. The second-order valence-electron chi connectivity index (χ2n) is 7.11. The summed E-state index contributed by atoms with van der Waals surface area (Å²) >= 11 is 0. The average molecular weight is 426 g/mol. The molecule has 0 saturated heterocycles. The van der Waals surface area contributed by atoms with Gasteiger partial charge in [-0.3, -0.25) is 9.97 Å². The number of benzene rings is 1. The molecule has 0 aliphatic carbocycles. The number of nitrogens with one attached hydrogen (secondary N) is 1. The Hall–Kier alpha value is -3.33. The van der Waals surface area contributed by atoms with E-state index >= 15 is 0 Å². The number of hydrogen-bond donors (Lipinski definition) is 1. The molecule has 2 amide bonds. The van der Waals surface area contributed by atoms with Crippen LogP contribution in [0.1, 0.15) is 22.4 Å². The van der Waals surface area contributed by atoms with E-state index in [9.17, 15) is 17.6 Å². The van der Waals surface area contributed by atoms with E-state index in [1.54, 1.807) is 24.2 Å². The van der Waals surface area contributed by atoms with Crippen LogP contribution in [0.25, 0.3) is 0 Å². The maximum atomic E-state index is 13.6. The van der Waals surface area contributed by atoms with Crippen LogP contribution in [0.2, 0.25) is 0 Å². The number of carbonyl (C=O) groups is 1. The topological polar surface area (TPSA) is 92.3 Å². The maximum absolute atomic E-state index is 13.6. The molecular formula is C21H19FN4O3S. The summed E-state index contributed by atoms with van der Waals surface area (Å²) < 4.78 is 39.0. The summed E-state index contributed by atoms with van der Waals surface area (Å²) in [4.78, 5) is 22.1. The molecule has 0 bridgehead atoms. The van der Waals surface area contributed by atoms with Gasteiger partial charge in [0.15, 0.2) is 0 Å². The Morgan fingerprint density at radius 1 is 1.10 bits per heavy atom. The number of carbonyl (C=O) groups excluding carboxylic acids is 1. The van der Waals surface area contributed by atoms with Crippen LogP contribution < -0.4 is 5.32 Å². The Morgan fingerprint density at radius 2 is 1.90 bits per heavy atom. The zero-order valence-corrected chi connectivity index (χ0v) is 17.0. The lowest BCUT2D eigenvalue weighted by atomic mass is 10.2. The lowest BCUT2D eigenvalue weighted by Crippen LogP contribution is -2.36. The first kappa shape index (κ1) is 20.0. The minimum Gasteiger partial charge on any atom is -0.332 e. The number of rotatable bonds is 4. The second kappa shape index (κ2) is 7.83. The summed E-state index contributed by atoms with van der Waals surface area (Å²) in [6, 6.07) is 8.25. The summed E-state index contributed by atoms with van der Waals surface area (Å²) in [7, 11) is -3.88. The van der Waals surface area contributed by atoms with Gasteiger partial charge < -0.3 is 10.2 Å². The molecule has 0 atom stereocenters. The number of aryl methyl sites for hydroxylation is 1. The van der Waals surface area contributed by atoms with Crippen LogP contribution >= 0.6 is 0 Å². The van der Waals surface area contributed by atoms with E-state index in [-0.39, 0.29) is 22.4 Å². The molecule has 30 heavy (non-hydrogen) atoms. The molecule has 0 saturated carbocycles. The van der Waals surface area contributed by atoms with Crippen molar-refractivity contribution in [1.29, 1.82) is 0 Å². The highest BCUT2D eigenvalue weighted by molar-refractivity contribution is 7.91. The molecule has 1 aliphatic heterocycles.